The first-order valence-electron chi connectivity index (χ1n) is 10.7. The second kappa shape index (κ2) is 10.4. The fraction of sp³-hybridized carbons (Fsp3) is 0.192. The Kier molecular flexibility index (Phi) is 7.10. The van der Waals surface area contributed by atoms with Crippen molar-refractivity contribution < 1.29 is 9.53 Å². The molecule has 0 aliphatic rings. The van der Waals surface area contributed by atoms with E-state index in [2.05, 4.69) is 10.2 Å². The van der Waals surface area contributed by atoms with Crippen LogP contribution in [0.4, 0.5) is 0 Å². The Bertz CT molecular complexity index is 1210. The third kappa shape index (κ3) is 5.26. The number of benzene rings is 3. The number of nitrogens with zero attached hydrogens (tertiary/aromatic N) is 4. The molecule has 168 valence electrons. The number of aryl methyl sites for hydroxylation is 1. The van der Waals surface area contributed by atoms with Gasteiger partial charge in [0.25, 0.3) is 0 Å². The number of aromatic nitrogens is 3. The predicted octanol–water partition coefficient (Wildman–Crippen LogP) is 5.08. The smallest absolute Gasteiger partial charge is 0.240 e. The lowest BCUT2D eigenvalue weighted by molar-refractivity contribution is -0.128. The molecule has 1 heterocycles. The van der Waals surface area contributed by atoms with Gasteiger partial charge in [0.05, 0.1) is 0 Å². The summed E-state index contributed by atoms with van der Waals surface area (Å²) in [6.07, 6.45) is 0. The van der Waals surface area contributed by atoms with Crippen molar-refractivity contribution in [1.29, 1.82) is 0 Å². The van der Waals surface area contributed by atoms with E-state index in [9.17, 15) is 4.79 Å². The Balaban J connectivity index is 1.70. The predicted molar refractivity (Wildman–Crippen MR) is 131 cm³/mol. The first kappa shape index (κ1) is 22.6. The molecule has 0 saturated carbocycles. The normalized spacial score (nSPS) is 11.7. The van der Waals surface area contributed by atoms with E-state index in [1.165, 1.54) is 11.8 Å². The fourth-order valence-electron chi connectivity index (χ4n) is 3.40. The minimum absolute atomic E-state index is 0.00785. The number of para-hydroxylation sites is 2. The van der Waals surface area contributed by atoms with E-state index in [0.717, 1.165) is 22.6 Å². The second-order valence-electron chi connectivity index (χ2n) is 7.77. The van der Waals surface area contributed by atoms with Crippen LogP contribution in [0.3, 0.4) is 0 Å². The molecule has 4 aromatic rings. The molecule has 4 rings (SSSR count). The molecule has 3 aromatic carbocycles. The van der Waals surface area contributed by atoms with Crippen LogP contribution in [0, 0.1) is 6.92 Å². The minimum Gasteiger partial charge on any atom is -0.485 e. The molecule has 1 aromatic heterocycles. The van der Waals surface area contributed by atoms with E-state index in [0.29, 0.717) is 11.0 Å². The average Bonchev–Trinajstić information content (AvgIpc) is 3.25. The Hall–Kier alpha value is -3.58. The maximum atomic E-state index is 13.1. The lowest BCUT2D eigenvalue weighted by Gasteiger charge is -2.20. The number of likely N-dealkylation sites (N-methyl/N-ethyl adjacent to an activating group) is 1. The Labute approximate surface area is 198 Å². The van der Waals surface area contributed by atoms with Crippen molar-refractivity contribution in [2.24, 2.45) is 0 Å². The SMILES string of the molecule is Cc1ccccc1OCc1nnc(S[C@H](C(=O)N(C)C)c2ccccc2)n1-c1ccccc1. The Morgan fingerprint density at radius 1 is 0.939 bits per heavy atom. The van der Waals surface area contributed by atoms with Crippen LogP contribution in [0.2, 0.25) is 0 Å². The van der Waals surface area contributed by atoms with Crippen LogP contribution < -0.4 is 4.74 Å². The highest BCUT2D eigenvalue weighted by molar-refractivity contribution is 8.00. The molecule has 33 heavy (non-hydrogen) atoms. The highest BCUT2D eigenvalue weighted by Crippen LogP contribution is 2.37. The number of carbonyl (C=O) groups excluding carboxylic acids is 1. The third-order valence-corrected chi connectivity index (χ3v) is 6.34. The zero-order chi connectivity index (χ0) is 23.2. The van der Waals surface area contributed by atoms with Gasteiger partial charge in [0, 0.05) is 19.8 Å². The number of amides is 1. The molecule has 6 nitrogen and oxygen atoms in total. The van der Waals surface area contributed by atoms with E-state index in [1.807, 2.05) is 96.4 Å². The van der Waals surface area contributed by atoms with E-state index in [-0.39, 0.29) is 12.5 Å². The molecule has 1 amide bonds. The molecule has 0 saturated heterocycles. The van der Waals surface area contributed by atoms with E-state index in [4.69, 9.17) is 4.74 Å². The van der Waals surface area contributed by atoms with Crippen LogP contribution in [0.25, 0.3) is 5.69 Å². The summed E-state index contributed by atoms with van der Waals surface area (Å²) in [5, 5.41) is 9.08. The van der Waals surface area contributed by atoms with Gasteiger partial charge in [-0.3, -0.25) is 9.36 Å². The van der Waals surface area contributed by atoms with Gasteiger partial charge in [-0.15, -0.1) is 10.2 Å². The third-order valence-electron chi connectivity index (χ3n) is 5.16. The van der Waals surface area contributed by atoms with Gasteiger partial charge < -0.3 is 9.64 Å². The summed E-state index contributed by atoms with van der Waals surface area (Å²) in [6.45, 7) is 2.26. The van der Waals surface area contributed by atoms with Crippen LogP contribution in [-0.4, -0.2) is 39.7 Å². The lowest BCUT2D eigenvalue weighted by atomic mass is 10.1. The molecule has 0 N–H and O–H groups in total. The van der Waals surface area contributed by atoms with Crippen molar-refractivity contribution in [3.63, 3.8) is 0 Å². The zero-order valence-electron chi connectivity index (χ0n) is 18.9. The molecular weight excluding hydrogens is 432 g/mol. The lowest BCUT2D eigenvalue weighted by Crippen LogP contribution is -2.27. The maximum absolute atomic E-state index is 13.1. The number of rotatable bonds is 8. The molecule has 0 radical (unpaired) electrons. The maximum Gasteiger partial charge on any atom is 0.240 e. The molecule has 1 atom stereocenters. The van der Waals surface area contributed by atoms with E-state index < -0.39 is 5.25 Å². The molecule has 0 fully saturated rings. The highest BCUT2D eigenvalue weighted by Gasteiger charge is 2.27. The molecule has 0 aliphatic heterocycles. The van der Waals surface area contributed by atoms with Crippen molar-refractivity contribution in [2.75, 3.05) is 14.1 Å². The number of hydrogen-bond acceptors (Lipinski definition) is 5. The van der Waals surface area contributed by atoms with Gasteiger partial charge in [0.1, 0.15) is 17.6 Å². The standard InChI is InChI=1S/C26H26N4O2S/c1-19-12-10-11-17-22(19)32-18-23-27-28-26(30(23)21-15-8-5-9-16-21)33-24(25(31)29(2)3)20-13-6-4-7-14-20/h4-17,24H,18H2,1-3H3/t24-/m0/s1. The minimum atomic E-state index is -0.446. The van der Waals surface area contributed by atoms with Crippen LogP contribution in [0.1, 0.15) is 22.2 Å². The summed E-state index contributed by atoms with van der Waals surface area (Å²) in [4.78, 5) is 14.7. The summed E-state index contributed by atoms with van der Waals surface area (Å²) >= 11 is 1.39. The van der Waals surface area contributed by atoms with Crippen molar-refractivity contribution in [2.45, 2.75) is 23.9 Å². The summed E-state index contributed by atoms with van der Waals surface area (Å²) in [6, 6.07) is 27.5. The van der Waals surface area contributed by atoms with Crippen LogP contribution in [0.5, 0.6) is 5.75 Å². The summed E-state index contributed by atoms with van der Waals surface area (Å²) in [7, 11) is 3.53. The van der Waals surface area contributed by atoms with Gasteiger partial charge in [-0.2, -0.15) is 0 Å². The molecule has 0 bridgehead atoms. The van der Waals surface area contributed by atoms with Crippen molar-refractivity contribution >= 4 is 17.7 Å². The summed E-state index contributed by atoms with van der Waals surface area (Å²) in [5.41, 5.74) is 2.89. The first-order valence-corrected chi connectivity index (χ1v) is 11.5. The monoisotopic (exact) mass is 458 g/mol. The molecule has 0 spiro atoms. The topological polar surface area (TPSA) is 60.3 Å². The second-order valence-corrected chi connectivity index (χ2v) is 8.84. The summed E-state index contributed by atoms with van der Waals surface area (Å²) in [5.74, 6) is 1.46. The van der Waals surface area contributed by atoms with Gasteiger partial charge in [-0.05, 0) is 36.2 Å². The summed E-state index contributed by atoms with van der Waals surface area (Å²) < 4.78 is 8.03. The van der Waals surface area contributed by atoms with Gasteiger partial charge >= 0.3 is 0 Å². The number of hydrogen-bond donors (Lipinski definition) is 0. The van der Waals surface area contributed by atoms with Crippen LogP contribution in [0.15, 0.2) is 90.1 Å². The molecule has 7 heteroatoms. The molecular formula is C26H26N4O2S. The largest absolute Gasteiger partial charge is 0.485 e. The fourth-order valence-corrected chi connectivity index (χ4v) is 4.62. The van der Waals surface area contributed by atoms with Crippen molar-refractivity contribution in [3.8, 4) is 11.4 Å². The van der Waals surface area contributed by atoms with Gasteiger partial charge in [-0.1, -0.05) is 78.5 Å². The highest BCUT2D eigenvalue weighted by atomic mass is 32.2. The van der Waals surface area contributed by atoms with Crippen molar-refractivity contribution in [1.82, 2.24) is 19.7 Å². The van der Waals surface area contributed by atoms with Crippen LogP contribution in [-0.2, 0) is 11.4 Å². The van der Waals surface area contributed by atoms with E-state index >= 15 is 0 Å². The number of ether oxygens (including phenoxy) is 1. The van der Waals surface area contributed by atoms with Gasteiger partial charge in [0.2, 0.25) is 5.91 Å². The van der Waals surface area contributed by atoms with Gasteiger partial charge in [-0.25, -0.2) is 0 Å². The Morgan fingerprint density at radius 2 is 1.58 bits per heavy atom. The van der Waals surface area contributed by atoms with Crippen LogP contribution >= 0.6 is 11.8 Å². The Morgan fingerprint density at radius 3 is 2.24 bits per heavy atom. The van der Waals surface area contributed by atoms with Crippen molar-refractivity contribution in [3.05, 3.63) is 102 Å². The number of thioether (sulfide) groups is 1. The van der Waals surface area contributed by atoms with E-state index in [1.54, 1.807) is 19.0 Å². The first-order chi connectivity index (χ1) is 16.0. The molecule has 0 aliphatic carbocycles. The quantitative estimate of drug-likeness (QED) is 0.345. The molecule has 0 unspecified atom stereocenters. The van der Waals surface area contributed by atoms with Gasteiger partial charge in [0.15, 0.2) is 11.0 Å². The number of carbonyl (C=O) groups is 1. The average molecular weight is 459 g/mol. The zero-order valence-corrected chi connectivity index (χ0v) is 19.7.